The maximum absolute atomic E-state index is 7.07. The Balaban J connectivity index is 4.58. The van der Waals surface area contributed by atoms with Crippen LogP contribution in [0.2, 0.25) is 0 Å². The van der Waals surface area contributed by atoms with Gasteiger partial charge < -0.3 is 4.74 Å². The second-order valence-corrected chi connectivity index (χ2v) is 14.4. The zero-order chi connectivity index (χ0) is 31.3. The predicted octanol–water partition coefficient (Wildman–Crippen LogP) is 15.9. The van der Waals surface area contributed by atoms with Gasteiger partial charge in [-0.25, -0.2) is 0 Å². The Labute approximate surface area is 275 Å². The molecule has 260 valence electrons. The molecule has 0 aliphatic heterocycles. The summed E-state index contributed by atoms with van der Waals surface area (Å²) in [4.78, 5) is 0. The predicted molar refractivity (Wildman–Crippen MR) is 198 cm³/mol. The molecule has 0 rings (SSSR count). The maximum Gasteiger partial charge on any atom is 0.0578 e. The lowest BCUT2D eigenvalue weighted by Gasteiger charge is -2.26. The molecule has 0 amide bonds. The molecule has 0 saturated carbocycles. The quantitative estimate of drug-likeness (QED) is 0.0635. The van der Waals surface area contributed by atoms with E-state index in [1.165, 1.54) is 231 Å². The Hall–Kier alpha value is -0.0400. The molecule has 0 spiro atoms. The summed E-state index contributed by atoms with van der Waals surface area (Å²) in [5, 5.41) is 0. The highest BCUT2D eigenvalue weighted by molar-refractivity contribution is 4.67. The summed E-state index contributed by atoms with van der Waals surface area (Å²) in [6, 6.07) is 0. The summed E-state index contributed by atoms with van der Waals surface area (Å²) in [5.74, 6) is 0. The molecular formula is C42H86O. The zero-order valence-corrected chi connectivity index (χ0v) is 31.0. The van der Waals surface area contributed by atoms with Gasteiger partial charge in [0.15, 0.2) is 0 Å². The first-order valence-corrected chi connectivity index (χ1v) is 20.9. The Morgan fingerprint density at radius 3 is 0.581 bits per heavy atom. The highest BCUT2D eigenvalue weighted by atomic mass is 16.5. The molecule has 0 aliphatic rings. The molecule has 2 unspecified atom stereocenters. The van der Waals surface area contributed by atoms with Crippen LogP contribution in [-0.4, -0.2) is 12.2 Å². The number of rotatable bonds is 38. The number of hydrogen-bond acceptors (Lipinski definition) is 1. The van der Waals surface area contributed by atoms with Crippen molar-refractivity contribution in [2.75, 3.05) is 0 Å². The molecule has 0 bridgehead atoms. The standard InChI is InChI=1S/C42H86O/c1-5-9-13-17-21-23-25-27-31-35-39-41(37-33-29-19-15-11-7-3)43-42(38-34-30-20-16-12-8-4)40-36-32-28-26-24-22-18-14-10-6-2/h41-42H,5-40H2,1-4H3. The van der Waals surface area contributed by atoms with Crippen LogP contribution < -0.4 is 0 Å². The third-order valence-electron chi connectivity index (χ3n) is 9.90. The van der Waals surface area contributed by atoms with Crippen molar-refractivity contribution < 1.29 is 4.74 Å². The van der Waals surface area contributed by atoms with E-state index in [4.69, 9.17) is 4.74 Å². The van der Waals surface area contributed by atoms with Crippen molar-refractivity contribution in [1.82, 2.24) is 0 Å². The summed E-state index contributed by atoms with van der Waals surface area (Å²) in [5.41, 5.74) is 0. The molecule has 0 aliphatic carbocycles. The van der Waals surface area contributed by atoms with E-state index < -0.39 is 0 Å². The van der Waals surface area contributed by atoms with E-state index in [0.717, 1.165) is 0 Å². The van der Waals surface area contributed by atoms with Gasteiger partial charge in [-0.1, -0.05) is 233 Å². The lowest BCUT2D eigenvalue weighted by atomic mass is 9.99. The number of unbranched alkanes of at least 4 members (excludes halogenated alkanes) is 28. The third-order valence-corrected chi connectivity index (χ3v) is 9.90. The van der Waals surface area contributed by atoms with Crippen LogP contribution in [0.1, 0.15) is 259 Å². The molecule has 0 fully saturated rings. The molecule has 0 saturated heterocycles. The fourth-order valence-electron chi connectivity index (χ4n) is 6.86. The third kappa shape index (κ3) is 34.7. The van der Waals surface area contributed by atoms with Crippen LogP contribution in [0.15, 0.2) is 0 Å². The number of ether oxygens (including phenoxy) is 1. The smallest absolute Gasteiger partial charge is 0.0578 e. The fourth-order valence-corrected chi connectivity index (χ4v) is 6.86. The Bertz CT molecular complexity index is 432. The Morgan fingerprint density at radius 1 is 0.233 bits per heavy atom. The average molecular weight is 607 g/mol. The summed E-state index contributed by atoms with van der Waals surface area (Å²) >= 11 is 0. The first-order valence-electron chi connectivity index (χ1n) is 20.9. The van der Waals surface area contributed by atoms with E-state index in [2.05, 4.69) is 27.7 Å². The molecule has 0 N–H and O–H groups in total. The van der Waals surface area contributed by atoms with E-state index in [9.17, 15) is 0 Å². The first-order chi connectivity index (χ1) is 21.3. The van der Waals surface area contributed by atoms with Gasteiger partial charge in [-0.2, -0.15) is 0 Å². The van der Waals surface area contributed by atoms with E-state index in [1.54, 1.807) is 0 Å². The van der Waals surface area contributed by atoms with Gasteiger partial charge in [0.05, 0.1) is 12.2 Å². The van der Waals surface area contributed by atoms with Crippen LogP contribution in [0, 0.1) is 0 Å². The molecular weight excluding hydrogens is 520 g/mol. The highest BCUT2D eigenvalue weighted by Crippen LogP contribution is 2.24. The fraction of sp³-hybridized carbons (Fsp3) is 1.00. The van der Waals surface area contributed by atoms with Crippen molar-refractivity contribution in [3.63, 3.8) is 0 Å². The van der Waals surface area contributed by atoms with Gasteiger partial charge in [-0.3, -0.25) is 0 Å². The molecule has 1 nitrogen and oxygen atoms in total. The second-order valence-electron chi connectivity index (χ2n) is 14.4. The van der Waals surface area contributed by atoms with Crippen molar-refractivity contribution in [1.29, 1.82) is 0 Å². The Morgan fingerprint density at radius 2 is 0.395 bits per heavy atom. The molecule has 0 aromatic rings. The maximum atomic E-state index is 7.07. The topological polar surface area (TPSA) is 9.23 Å². The minimum atomic E-state index is 0.522. The van der Waals surface area contributed by atoms with Gasteiger partial charge in [0, 0.05) is 0 Å². The first kappa shape index (κ1) is 43.0. The van der Waals surface area contributed by atoms with E-state index in [-0.39, 0.29) is 0 Å². The van der Waals surface area contributed by atoms with Crippen molar-refractivity contribution in [2.24, 2.45) is 0 Å². The monoisotopic (exact) mass is 607 g/mol. The highest BCUT2D eigenvalue weighted by Gasteiger charge is 2.17. The molecule has 43 heavy (non-hydrogen) atoms. The van der Waals surface area contributed by atoms with E-state index >= 15 is 0 Å². The summed E-state index contributed by atoms with van der Waals surface area (Å²) in [6.45, 7) is 9.29. The Kier molecular flexibility index (Phi) is 38.1. The van der Waals surface area contributed by atoms with Crippen LogP contribution in [0.3, 0.4) is 0 Å². The van der Waals surface area contributed by atoms with Gasteiger partial charge in [0.1, 0.15) is 0 Å². The SMILES string of the molecule is CCCCCCCCCCCCC(CCCCCCCC)OC(CCCCCCCC)CCCCCCCCCCCC. The van der Waals surface area contributed by atoms with Crippen LogP contribution >= 0.6 is 0 Å². The van der Waals surface area contributed by atoms with E-state index in [1.807, 2.05) is 0 Å². The zero-order valence-electron chi connectivity index (χ0n) is 31.0. The van der Waals surface area contributed by atoms with Crippen molar-refractivity contribution in [2.45, 2.75) is 271 Å². The van der Waals surface area contributed by atoms with Crippen LogP contribution in [0.4, 0.5) is 0 Å². The van der Waals surface area contributed by atoms with Crippen LogP contribution in [-0.2, 0) is 4.74 Å². The summed E-state index contributed by atoms with van der Waals surface area (Å²) in [7, 11) is 0. The molecule has 2 atom stereocenters. The largest absolute Gasteiger partial charge is 0.375 e. The van der Waals surface area contributed by atoms with Gasteiger partial charge in [0.2, 0.25) is 0 Å². The number of hydrogen-bond donors (Lipinski definition) is 0. The lowest BCUT2D eigenvalue weighted by Crippen LogP contribution is -2.23. The summed E-state index contributed by atoms with van der Waals surface area (Å²) in [6.07, 6.45) is 51.8. The van der Waals surface area contributed by atoms with Gasteiger partial charge in [0.25, 0.3) is 0 Å². The summed E-state index contributed by atoms with van der Waals surface area (Å²) < 4.78 is 7.07. The van der Waals surface area contributed by atoms with Crippen LogP contribution in [0.5, 0.6) is 0 Å². The molecule has 0 aromatic carbocycles. The minimum absolute atomic E-state index is 0.522. The van der Waals surface area contributed by atoms with Crippen molar-refractivity contribution >= 4 is 0 Å². The molecule has 1 heteroatoms. The van der Waals surface area contributed by atoms with Crippen molar-refractivity contribution in [3.05, 3.63) is 0 Å². The molecule has 0 heterocycles. The normalized spacial score (nSPS) is 13.1. The second kappa shape index (κ2) is 38.1. The molecule has 0 radical (unpaired) electrons. The van der Waals surface area contributed by atoms with Crippen LogP contribution in [0.25, 0.3) is 0 Å². The van der Waals surface area contributed by atoms with Gasteiger partial charge >= 0.3 is 0 Å². The van der Waals surface area contributed by atoms with Gasteiger partial charge in [-0.15, -0.1) is 0 Å². The molecule has 0 aromatic heterocycles. The average Bonchev–Trinajstić information content (AvgIpc) is 3.01. The van der Waals surface area contributed by atoms with Crippen molar-refractivity contribution in [3.8, 4) is 0 Å². The lowest BCUT2D eigenvalue weighted by molar-refractivity contribution is -0.0324. The minimum Gasteiger partial charge on any atom is -0.375 e. The van der Waals surface area contributed by atoms with Gasteiger partial charge in [-0.05, 0) is 25.7 Å². The van der Waals surface area contributed by atoms with E-state index in [0.29, 0.717) is 12.2 Å².